The zero-order valence-electron chi connectivity index (χ0n) is 17.5. The van der Waals surface area contributed by atoms with E-state index in [1.54, 1.807) is 42.2 Å². The molecule has 0 unspecified atom stereocenters. The molecule has 0 aromatic heterocycles. The minimum absolute atomic E-state index is 0.127. The van der Waals surface area contributed by atoms with E-state index in [0.717, 1.165) is 11.1 Å². The highest BCUT2D eigenvalue weighted by Gasteiger charge is 2.28. The number of amides is 2. The van der Waals surface area contributed by atoms with E-state index in [0.29, 0.717) is 35.1 Å². The van der Waals surface area contributed by atoms with E-state index in [4.69, 9.17) is 16.3 Å². The van der Waals surface area contributed by atoms with Gasteiger partial charge in [0.2, 0.25) is 5.91 Å². The smallest absolute Gasteiger partial charge is 0.263 e. The van der Waals surface area contributed by atoms with Crippen LogP contribution in [0.15, 0.2) is 66.7 Å². The lowest BCUT2D eigenvalue weighted by molar-refractivity contribution is -0.138. The predicted molar refractivity (Wildman–Crippen MR) is 121 cm³/mol. The molecule has 1 aliphatic rings. The molecule has 0 spiro atoms. The number of hydrogen-bond donors (Lipinski definition) is 1. The van der Waals surface area contributed by atoms with Gasteiger partial charge in [-0.25, -0.2) is 4.39 Å². The summed E-state index contributed by atoms with van der Waals surface area (Å²) in [6.07, 6.45) is -0.514. The molecule has 164 valence electrons. The Balaban J connectivity index is 1.51. The van der Waals surface area contributed by atoms with Crippen LogP contribution in [0.25, 0.3) is 0 Å². The molecule has 3 aromatic carbocycles. The van der Waals surface area contributed by atoms with Gasteiger partial charge in [0.1, 0.15) is 11.6 Å². The average Bonchev–Trinajstić information content (AvgIpc) is 2.88. The van der Waals surface area contributed by atoms with Crippen molar-refractivity contribution >= 4 is 29.1 Å². The van der Waals surface area contributed by atoms with Crippen molar-refractivity contribution in [3.63, 3.8) is 0 Å². The van der Waals surface area contributed by atoms with Crippen LogP contribution in [-0.2, 0) is 29.1 Å². The molecule has 0 saturated carbocycles. The number of halogens is 2. The normalized spacial score (nSPS) is 15.5. The number of carbonyl (C=O) groups excluding carboxylic acids is 2. The summed E-state index contributed by atoms with van der Waals surface area (Å²) >= 11 is 6.29. The van der Waals surface area contributed by atoms with Crippen LogP contribution in [0.4, 0.5) is 10.1 Å². The molecule has 1 aliphatic heterocycles. The number of fused-ring (bicyclic) bond motifs is 1. The summed E-state index contributed by atoms with van der Waals surface area (Å²) in [6.45, 7) is 2.40. The maximum atomic E-state index is 13.1. The van der Waals surface area contributed by atoms with Crippen LogP contribution in [0.1, 0.15) is 23.6 Å². The van der Waals surface area contributed by atoms with Crippen LogP contribution >= 0.6 is 11.6 Å². The highest BCUT2D eigenvalue weighted by atomic mass is 35.5. The molecule has 7 heteroatoms. The van der Waals surface area contributed by atoms with E-state index in [-0.39, 0.29) is 24.1 Å². The van der Waals surface area contributed by atoms with Crippen LogP contribution in [0.2, 0.25) is 5.02 Å². The summed E-state index contributed by atoms with van der Waals surface area (Å²) in [4.78, 5) is 27.0. The Morgan fingerprint density at radius 3 is 2.66 bits per heavy atom. The van der Waals surface area contributed by atoms with Gasteiger partial charge in [-0.3, -0.25) is 9.59 Å². The minimum Gasteiger partial charge on any atom is -0.481 e. The van der Waals surface area contributed by atoms with Gasteiger partial charge in [-0.05, 0) is 54.4 Å². The number of benzene rings is 3. The van der Waals surface area contributed by atoms with E-state index in [2.05, 4.69) is 5.32 Å². The first kappa shape index (κ1) is 21.8. The second-order valence-electron chi connectivity index (χ2n) is 7.72. The molecule has 4 rings (SSSR count). The summed E-state index contributed by atoms with van der Waals surface area (Å²) in [7, 11) is 0. The third kappa shape index (κ3) is 5.08. The van der Waals surface area contributed by atoms with Crippen molar-refractivity contribution in [3.8, 4) is 5.75 Å². The van der Waals surface area contributed by atoms with Crippen LogP contribution < -0.4 is 10.1 Å². The molecule has 1 heterocycles. The van der Waals surface area contributed by atoms with Crippen LogP contribution in [0.3, 0.4) is 0 Å². The fourth-order valence-electron chi connectivity index (χ4n) is 3.64. The minimum atomic E-state index is -0.641. The Morgan fingerprint density at radius 1 is 1.16 bits per heavy atom. The van der Waals surface area contributed by atoms with Crippen LogP contribution in [0, 0.1) is 5.82 Å². The van der Waals surface area contributed by atoms with Gasteiger partial charge >= 0.3 is 0 Å². The van der Waals surface area contributed by atoms with Crippen molar-refractivity contribution in [1.82, 2.24) is 4.90 Å². The maximum absolute atomic E-state index is 13.1. The molecule has 0 bridgehead atoms. The number of anilines is 1. The standard InChI is InChI=1S/C25H22ClFN2O3/c1-16-25(31)29(14-18-4-2-3-5-22(18)26)15-19-13-21(10-11-23(19)32-16)28-24(30)12-17-6-8-20(27)9-7-17/h2-11,13,16H,12,14-15H2,1H3,(H,28,30)/t16-/m0/s1. The monoisotopic (exact) mass is 452 g/mol. The number of rotatable bonds is 5. The van der Waals surface area contributed by atoms with Gasteiger partial charge in [0.05, 0.1) is 6.42 Å². The summed E-state index contributed by atoms with van der Waals surface area (Å²) in [5.41, 5.74) is 2.95. The lowest BCUT2D eigenvalue weighted by atomic mass is 10.1. The second kappa shape index (κ2) is 9.40. The topological polar surface area (TPSA) is 58.6 Å². The number of ether oxygens (including phenoxy) is 1. The average molecular weight is 453 g/mol. The number of hydrogen-bond acceptors (Lipinski definition) is 3. The van der Waals surface area contributed by atoms with Gasteiger partial charge < -0.3 is 15.0 Å². The second-order valence-corrected chi connectivity index (χ2v) is 8.13. The van der Waals surface area contributed by atoms with E-state index in [9.17, 15) is 14.0 Å². The largest absolute Gasteiger partial charge is 0.481 e. The first-order valence-corrected chi connectivity index (χ1v) is 10.6. The SMILES string of the molecule is C[C@@H]1Oc2ccc(NC(=O)Cc3ccc(F)cc3)cc2CN(Cc2ccccc2Cl)C1=O. The first-order valence-electron chi connectivity index (χ1n) is 10.2. The lowest BCUT2D eigenvalue weighted by Crippen LogP contribution is -2.37. The third-order valence-electron chi connectivity index (χ3n) is 5.27. The molecule has 0 fully saturated rings. The maximum Gasteiger partial charge on any atom is 0.263 e. The van der Waals surface area contributed by atoms with Crippen LogP contribution in [-0.4, -0.2) is 22.8 Å². The van der Waals surface area contributed by atoms with Crippen molar-refractivity contribution in [2.75, 3.05) is 5.32 Å². The summed E-state index contributed by atoms with van der Waals surface area (Å²) in [6, 6.07) is 18.5. The highest BCUT2D eigenvalue weighted by molar-refractivity contribution is 6.31. The molecule has 0 radical (unpaired) electrons. The Labute approximate surface area is 190 Å². The van der Waals surface area contributed by atoms with Gasteiger partial charge in [0, 0.05) is 29.4 Å². The number of carbonyl (C=O) groups is 2. The molecule has 0 saturated heterocycles. The van der Waals surface area contributed by atoms with E-state index in [1.807, 2.05) is 24.3 Å². The molecule has 5 nitrogen and oxygen atoms in total. The van der Waals surface area contributed by atoms with Gasteiger partial charge in [-0.2, -0.15) is 0 Å². The van der Waals surface area contributed by atoms with Crippen molar-refractivity contribution in [2.24, 2.45) is 0 Å². The van der Waals surface area contributed by atoms with Gasteiger partial charge in [-0.15, -0.1) is 0 Å². The van der Waals surface area contributed by atoms with Crippen molar-refractivity contribution in [2.45, 2.75) is 32.5 Å². The molecule has 1 N–H and O–H groups in total. The van der Waals surface area contributed by atoms with E-state index >= 15 is 0 Å². The molecule has 0 aliphatic carbocycles. The van der Waals surface area contributed by atoms with E-state index < -0.39 is 6.10 Å². The van der Waals surface area contributed by atoms with Crippen molar-refractivity contribution in [1.29, 1.82) is 0 Å². The van der Waals surface area contributed by atoms with Gasteiger partial charge in [0.25, 0.3) is 5.91 Å². The predicted octanol–water partition coefficient (Wildman–Crippen LogP) is 4.97. The third-order valence-corrected chi connectivity index (χ3v) is 5.63. The molecule has 2 amide bonds. The molecular formula is C25H22ClFN2O3. The fourth-order valence-corrected chi connectivity index (χ4v) is 3.83. The van der Waals surface area contributed by atoms with E-state index in [1.165, 1.54) is 12.1 Å². The Hall–Kier alpha value is -3.38. The fraction of sp³-hybridized carbons (Fsp3) is 0.200. The molecule has 1 atom stereocenters. The summed E-state index contributed by atoms with van der Waals surface area (Å²) in [5, 5.41) is 3.46. The van der Waals surface area contributed by atoms with Crippen molar-refractivity contribution < 1.29 is 18.7 Å². The summed E-state index contributed by atoms with van der Waals surface area (Å²) in [5.74, 6) is -0.0967. The lowest BCUT2D eigenvalue weighted by Gasteiger charge is -2.22. The first-order chi connectivity index (χ1) is 15.4. The van der Waals surface area contributed by atoms with Crippen molar-refractivity contribution in [3.05, 3.63) is 94.3 Å². The molecule has 3 aromatic rings. The van der Waals surface area contributed by atoms with Crippen LogP contribution in [0.5, 0.6) is 5.75 Å². The molecular weight excluding hydrogens is 431 g/mol. The Bertz CT molecular complexity index is 1150. The Morgan fingerprint density at radius 2 is 1.91 bits per heavy atom. The zero-order valence-corrected chi connectivity index (χ0v) is 18.2. The van der Waals surface area contributed by atoms with Gasteiger partial charge in [-0.1, -0.05) is 41.9 Å². The molecule has 32 heavy (non-hydrogen) atoms. The number of nitrogens with one attached hydrogen (secondary N) is 1. The quantitative estimate of drug-likeness (QED) is 0.594. The highest BCUT2D eigenvalue weighted by Crippen LogP contribution is 2.30. The summed E-state index contributed by atoms with van der Waals surface area (Å²) < 4.78 is 18.9. The van der Waals surface area contributed by atoms with Gasteiger partial charge in [0.15, 0.2) is 6.10 Å². The Kier molecular flexibility index (Phi) is 6.42. The zero-order chi connectivity index (χ0) is 22.7. The number of nitrogens with zero attached hydrogens (tertiary/aromatic N) is 1.